The number of halogens is 1. The standard InChI is InChI=1S/C12H16ClN3S2/c1-8(14)12-15-9(7-17-12)5-16(2)6-10-3-4-11(13)18-10/h3-4,7-8H,5-6,14H2,1-2H3. The lowest BCUT2D eigenvalue weighted by atomic mass is 10.3. The molecule has 2 aromatic rings. The molecule has 3 nitrogen and oxygen atoms in total. The molecule has 0 amide bonds. The van der Waals surface area contributed by atoms with Crippen LogP contribution in [0, 0.1) is 0 Å². The first-order valence-corrected chi connectivity index (χ1v) is 7.74. The van der Waals surface area contributed by atoms with Gasteiger partial charge in [0, 0.05) is 23.3 Å². The molecule has 2 heterocycles. The van der Waals surface area contributed by atoms with E-state index < -0.39 is 0 Å². The van der Waals surface area contributed by atoms with Gasteiger partial charge in [0.15, 0.2) is 0 Å². The molecule has 2 N–H and O–H groups in total. The Morgan fingerprint density at radius 3 is 2.78 bits per heavy atom. The van der Waals surface area contributed by atoms with Gasteiger partial charge in [-0.2, -0.15) is 0 Å². The highest BCUT2D eigenvalue weighted by Crippen LogP contribution is 2.23. The molecule has 6 heteroatoms. The van der Waals surface area contributed by atoms with Gasteiger partial charge in [-0.25, -0.2) is 4.98 Å². The van der Waals surface area contributed by atoms with Gasteiger partial charge in [0.25, 0.3) is 0 Å². The Morgan fingerprint density at radius 2 is 2.22 bits per heavy atom. The van der Waals surface area contributed by atoms with Crippen LogP contribution in [0.2, 0.25) is 4.34 Å². The molecule has 0 radical (unpaired) electrons. The number of nitrogens with two attached hydrogens (primary N) is 1. The highest BCUT2D eigenvalue weighted by atomic mass is 35.5. The lowest BCUT2D eigenvalue weighted by Crippen LogP contribution is -2.17. The van der Waals surface area contributed by atoms with Crippen molar-refractivity contribution < 1.29 is 0 Å². The Morgan fingerprint density at radius 1 is 1.44 bits per heavy atom. The van der Waals surface area contributed by atoms with Gasteiger partial charge in [-0.1, -0.05) is 11.6 Å². The highest BCUT2D eigenvalue weighted by molar-refractivity contribution is 7.16. The molecule has 0 saturated carbocycles. The van der Waals surface area contributed by atoms with Crippen molar-refractivity contribution in [1.82, 2.24) is 9.88 Å². The molecule has 0 aromatic carbocycles. The fourth-order valence-electron chi connectivity index (χ4n) is 1.64. The number of aromatic nitrogens is 1. The molecule has 0 aliphatic rings. The second kappa shape index (κ2) is 6.12. The van der Waals surface area contributed by atoms with Crippen molar-refractivity contribution in [3.63, 3.8) is 0 Å². The predicted molar refractivity (Wildman–Crippen MR) is 79.2 cm³/mol. The predicted octanol–water partition coefficient (Wildman–Crippen LogP) is 3.51. The molecule has 98 valence electrons. The summed E-state index contributed by atoms with van der Waals surface area (Å²) < 4.78 is 0.839. The van der Waals surface area contributed by atoms with Gasteiger partial charge < -0.3 is 5.73 Å². The van der Waals surface area contributed by atoms with Gasteiger partial charge in [-0.05, 0) is 26.1 Å². The summed E-state index contributed by atoms with van der Waals surface area (Å²) in [4.78, 5) is 8.02. The highest BCUT2D eigenvalue weighted by Gasteiger charge is 2.09. The summed E-state index contributed by atoms with van der Waals surface area (Å²) in [6, 6.07) is 4.02. The topological polar surface area (TPSA) is 42.1 Å². The van der Waals surface area contributed by atoms with Crippen molar-refractivity contribution in [3.05, 3.63) is 37.4 Å². The molecule has 2 rings (SSSR count). The molecular weight excluding hydrogens is 286 g/mol. The zero-order valence-electron chi connectivity index (χ0n) is 10.4. The first-order valence-electron chi connectivity index (χ1n) is 5.67. The zero-order chi connectivity index (χ0) is 13.1. The minimum absolute atomic E-state index is 0.0187. The third kappa shape index (κ3) is 3.76. The van der Waals surface area contributed by atoms with Crippen LogP contribution in [0.5, 0.6) is 0 Å². The van der Waals surface area contributed by atoms with E-state index >= 15 is 0 Å². The van der Waals surface area contributed by atoms with E-state index in [1.54, 1.807) is 22.7 Å². The Balaban J connectivity index is 1.92. The summed E-state index contributed by atoms with van der Waals surface area (Å²) in [7, 11) is 2.08. The SMILES string of the molecule is CC(N)c1nc(CN(C)Cc2ccc(Cl)s2)cs1. The molecule has 18 heavy (non-hydrogen) atoms. The maximum absolute atomic E-state index is 5.92. The summed E-state index contributed by atoms with van der Waals surface area (Å²) in [5.41, 5.74) is 6.89. The van der Waals surface area contributed by atoms with E-state index in [0.29, 0.717) is 0 Å². The van der Waals surface area contributed by atoms with Gasteiger partial charge >= 0.3 is 0 Å². The quantitative estimate of drug-likeness (QED) is 0.919. The second-order valence-corrected chi connectivity index (χ2v) is 7.03. The lowest BCUT2D eigenvalue weighted by molar-refractivity contribution is 0.318. The third-order valence-electron chi connectivity index (χ3n) is 2.45. The minimum Gasteiger partial charge on any atom is -0.322 e. The average Bonchev–Trinajstić information content (AvgIpc) is 2.88. The largest absolute Gasteiger partial charge is 0.322 e. The number of rotatable bonds is 5. The van der Waals surface area contributed by atoms with Crippen LogP contribution >= 0.6 is 34.3 Å². The van der Waals surface area contributed by atoms with E-state index in [1.807, 2.05) is 13.0 Å². The van der Waals surface area contributed by atoms with E-state index in [1.165, 1.54) is 4.88 Å². The Labute approximate surface area is 120 Å². The first-order chi connectivity index (χ1) is 8.54. The number of hydrogen-bond acceptors (Lipinski definition) is 5. The zero-order valence-corrected chi connectivity index (χ0v) is 12.8. The van der Waals surface area contributed by atoms with E-state index in [4.69, 9.17) is 17.3 Å². The second-order valence-electron chi connectivity index (χ2n) is 4.34. The maximum Gasteiger partial charge on any atom is 0.109 e. The molecule has 2 aromatic heterocycles. The fraction of sp³-hybridized carbons (Fsp3) is 0.417. The molecular formula is C12H16ClN3S2. The number of nitrogens with zero attached hydrogens (tertiary/aromatic N) is 2. The van der Waals surface area contributed by atoms with E-state index in [0.717, 1.165) is 28.1 Å². The van der Waals surface area contributed by atoms with Crippen LogP contribution in [0.3, 0.4) is 0 Å². The van der Waals surface area contributed by atoms with Gasteiger partial charge in [-0.3, -0.25) is 4.90 Å². The summed E-state index contributed by atoms with van der Waals surface area (Å²) in [6.07, 6.45) is 0. The number of hydrogen-bond donors (Lipinski definition) is 1. The Hall–Kier alpha value is -0.460. The summed E-state index contributed by atoms with van der Waals surface area (Å²) >= 11 is 9.17. The molecule has 0 saturated heterocycles. The van der Waals surface area contributed by atoms with Crippen LogP contribution < -0.4 is 5.73 Å². The van der Waals surface area contributed by atoms with Gasteiger partial charge in [0.05, 0.1) is 16.1 Å². The van der Waals surface area contributed by atoms with Crippen molar-refractivity contribution in [1.29, 1.82) is 0 Å². The van der Waals surface area contributed by atoms with Crippen LogP contribution in [0.15, 0.2) is 17.5 Å². The molecule has 0 fully saturated rings. The fourth-order valence-corrected chi connectivity index (χ4v) is 3.58. The third-order valence-corrected chi connectivity index (χ3v) is 4.76. The van der Waals surface area contributed by atoms with Crippen molar-refractivity contribution in [2.45, 2.75) is 26.1 Å². The summed E-state index contributed by atoms with van der Waals surface area (Å²) in [5.74, 6) is 0. The smallest absolute Gasteiger partial charge is 0.109 e. The van der Waals surface area contributed by atoms with E-state index in [-0.39, 0.29) is 6.04 Å². The van der Waals surface area contributed by atoms with Gasteiger partial charge in [0.1, 0.15) is 5.01 Å². The van der Waals surface area contributed by atoms with Crippen molar-refractivity contribution in [2.75, 3.05) is 7.05 Å². The van der Waals surface area contributed by atoms with Crippen LogP contribution in [-0.2, 0) is 13.1 Å². The lowest BCUT2D eigenvalue weighted by Gasteiger charge is -2.13. The van der Waals surface area contributed by atoms with Crippen molar-refractivity contribution in [2.24, 2.45) is 5.73 Å². The molecule has 0 spiro atoms. The monoisotopic (exact) mass is 301 g/mol. The minimum atomic E-state index is 0.0187. The normalized spacial score (nSPS) is 13.2. The maximum atomic E-state index is 5.92. The van der Waals surface area contributed by atoms with Crippen molar-refractivity contribution >= 4 is 34.3 Å². The summed E-state index contributed by atoms with van der Waals surface area (Å²) in [5, 5.41) is 3.08. The van der Waals surface area contributed by atoms with Crippen LogP contribution in [0.4, 0.5) is 0 Å². The van der Waals surface area contributed by atoms with Crippen LogP contribution in [0.1, 0.15) is 28.5 Å². The first kappa shape index (κ1) is 14.0. The Kier molecular flexibility index (Phi) is 4.75. The van der Waals surface area contributed by atoms with Gasteiger partial charge in [0.2, 0.25) is 0 Å². The average molecular weight is 302 g/mol. The Bertz CT molecular complexity index is 507. The van der Waals surface area contributed by atoms with E-state index in [9.17, 15) is 0 Å². The summed E-state index contributed by atoms with van der Waals surface area (Å²) in [6.45, 7) is 3.68. The van der Waals surface area contributed by atoms with Crippen molar-refractivity contribution in [3.8, 4) is 0 Å². The molecule has 1 atom stereocenters. The van der Waals surface area contributed by atoms with Crippen LogP contribution in [0.25, 0.3) is 0 Å². The number of thiazole rings is 1. The molecule has 0 aliphatic heterocycles. The molecule has 1 unspecified atom stereocenters. The number of thiophene rings is 1. The molecule has 0 aliphatic carbocycles. The van der Waals surface area contributed by atoms with Crippen LogP contribution in [-0.4, -0.2) is 16.9 Å². The van der Waals surface area contributed by atoms with E-state index in [2.05, 4.69) is 28.4 Å². The molecule has 0 bridgehead atoms. The van der Waals surface area contributed by atoms with Gasteiger partial charge in [-0.15, -0.1) is 22.7 Å².